The summed E-state index contributed by atoms with van der Waals surface area (Å²) in [5, 5.41) is 0.895. The summed E-state index contributed by atoms with van der Waals surface area (Å²) in [5.41, 5.74) is -3.81. The first-order chi connectivity index (χ1) is 19.4. The first-order valence-electron chi connectivity index (χ1n) is 13.6. The van der Waals surface area contributed by atoms with Gasteiger partial charge in [0.05, 0.1) is 0 Å². The summed E-state index contributed by atoms with van der Waals surface area (Å²) in [7, 11) is -3.71. The number of hydrogen-bond acceptors (Lipinski definition) is 2. The highest BCUT2D eigenvalue weighted by Crippen LogP contribution is 2.71. The summed E-state index contributed by atoms with van der Waals surface area (Å²) < 4.78 is 111. The smallest absolute Gasteiger partial charge is 0.313 e. The molecule has 0 N–H and O–H groups in total. The molecular formula is C32H27F6OPS. The molecule has 1 aliphatic carbocycles. The van der Waals surface area contributed by atoms with Gasteiger partial charge in [-0.25, -0.2) is 0 Å². The maximum atomic E-state index is 16.2. The minimum atomic E-state index is -5.68. The van der Waals surface area contributed by atoms with E-state index in [0.29, 0.717) is 21.3 Å². The molecule has 0 saturated carbocycles. The molecule has 9 heteroatoms. The topological polar surface area (TPSA) is 17.1 Å². The molecule has 0 fully saturated rings. The number of rotatable bonds is 6. The number of hydrogen-bond donors (Lipinski definition) is 0. The molecule has 2 aliphatic rings. The Morgan fingerprint density at radius 2 is 1.44 bits per heavy atom. The van der Waals surface area contributed by atoms with Gasteiger partial charge in [-0.15, -0.1) is 11.3 Å². The molecule has 3 unspecified atom stereocenters. The molecule has 2 heterocycles. The Kier molecular flexibility index (Phi) is 6.63. The van der Waals surface area contributed by atoms with E-state index in [0.717, 1.165) is 11.3 Å². The fraction of sp³-hybridized carbons (Fsp3) is 0.312. The van der Waals surface area contributed by atoms with Crippen LogP contribution >= 0.6 is 18.5 Å². The van der Waals surface area contributed by atoms with Crippen molar-refractivity contribution in [2.45, 2.75) is 62.5 Å². The van der Waals surface area contributed by atoms with E-state index in [1.165, 1.54) is 12.1 Å². The molecule has 0 amide bonds. The Bertz CT molecular complexity index is 1720. The molecule has 4 aromatic rings. The van der Waals surface area contributed by atoms with Gasteiger partial charge in [0, 0.05) is 53.9 Å². The average molecular weight is 605 g/mol. The molecule has 41 heavy (non-hydrogen) atoms. The number of allylic oxidation sites excluding steroid dienone is 2. The zero-order valence-corrected chi connectivity index (χ0v) is 24.0. The fourth-order valence-corrected chi connectivity index (χ4v) is 11.8. The first kappa shape index (κ1) is 28.3. The molecule has 1 aliphatic heterocycles. The highest BCUT2D eigenvalue weighted by Gasteiger charge is 2.81. The zero-order valence-electron chi connectivity index (χ0n) is 22.3. The first-order valence-corrected chi connectivity index (χ1v) is 16.2. The molecule has 0 bridgehead atoms. The number of benzene rings is 3. The standard InChI is InChI=1S/C32H27F6OPS/c1-3-12-23-26(20-15-8-10-17-22(20)40(23,39)19-13-6-5-7-14-19)28-29(31(35,36)32(37,38)30(28,33)34)27-21-16-9-11-18-25(21)41-24(27)4-2/h5-11,13-18,23,26H,3-4,12H2,1-2H3. The summed E-state index contributed by atoms with van der Waals surface area (Å²) in [5.74, 6) is -17.6. The van der Waals surface area contributed by atoms with Crippen molar-refractivity contribution in [1.82, 2.24) is 0 Å². The van der Waals surface area contributed by atoms with Crippen molar-refractivity contribution < 1.29 is 30.9 Å². The molecule has 0 radical (unpaired) electrons. The summed E-state index contributed by atoms with van der Waals surface area (Å²) >= 11 is 1.14. The molecule has 0 spiro atoms. The molecular weight excluding hydrogens is 577 g/mol. The van der Waals surface area contributed by atoms with Crippen molar-refractivity contribution in [3.05, 3.63) is 100 Å². The molecule has 1 nitrogen and oxygen atoms in total. The van der Waals surface area contributed by atoms with Crippen molar-refractivity contribution in [2.24, 2.45) is 0 Å². The molecule has 1 aromatic heterocycles. The Morgan fingerprint density at radius 3 is 2.12 bits per heavy atom. The number of aryl methyl sites for hydroxylation is 1. The van der Waals surface area contributed by atoms with Crippen molar-refractivity contribution in [3.63, 3.8) is 0 Å². The normalized spacial score (nSPS) is 26.0. The molecule has 3 atom stereocenters. The van der Waals surface area contributed by atoms with Crippen molar-refractivity contribution >= 4 is 44.7 Å². The van der Waals surface area contributed by atoms with Crippen LogP contribution in [0.25, 0.3) is 15.7 Å². The largest absolute Gasteiger partial charge is 0.380 e. The van der Waals surface area contributed by atoms with E-state index in [4.69, 9.17) is 0 Å². The van der Waals surface area contributed by atoms with E-state index < -0.39 is 47.6 Å². The Balaban J connectivity index is 1.76. The van der Waals surface area contributed by atoms with E-state index in [1.54, 1.807) is 80.6 Å². The van der Waals surface area contributed by atoms with Gasteiger partial charge >= 0.3 is 17.8 Å². The minimum Gasteiger partial charge on any atom is -0.313 e. The van der Waals surface area contributed by atoms with E-state index in [2.05, 4.69) is 0 Å². The Labute approximate surface area is 238 Å². The van der Waals surface area contributed by atoms with Crippen LogP contribution in [0.1, 0.15) is 48.6 Å². The van der Waals surface area contributed by atoms with Crippen LogP contribution in [0.3, 0.4) is 0 Å². The van der Waals surface area contributed by atoms with E-state index in [1.807, 2.05) is 0 Å². The van der Waals surface area contributed by atoms with Crippen LogP contribution in [0.4, 0.5) is 26.3 Å². The van der Waals surface area contributed by atoms with Crippen LogP contribution in [0.5, 0.6) is 0 Å². The van der Waals surface area contributed by atoms with Gasteiger partial charge < -0.3 is 4.57 Å². The minimum absolute atomic E-state index is 0.126. The Hall–Kier alpha value is -2.83. The second-order valence-electron chi connectivity index (χ2n) is 10.6. The Morgan fingerprint density at radius 1 is 0.805 bits per heavy atom. The van der Waals surface area contributed by atoms with Crippen molar-refractivity contribution in [3.8, 4) is 0 Å². The van der Waals surface area contributed by atoms with Crippen LogP contribution in [0.2, 0.25) is 0 Å². The van der Waals surface area contributed by atoms with Crippen LogP contribution in [-0.2, 0) is 11.0 Å². The molecule has 0 saturated heterocycles. The van der Waals surface area contributed by atoms with Gasteiger partial charge in [0.15, 0.2) is 0 Å². The second kappa shape index (κ2) is 9.60. The van der Waals surface area contributed by atoms with Gasteiger partial charge in [-0.2, -0.15) is 26.3 Å². The van der Waals surface area contributed by atoms with Gasteiger partial charge in [-0.1, -0.05) is 93.1 Å². The third kappa shape index (κ3) is 3.65. The van der Waals surface area contributed by atoms with E-state index in [9.17, 15) is 0 Å². The lowest BCUT2D eigenvalue weighted by Gasteiger charge is -2.31. The maximum absolute atomic E-state index is 16.2. The molecule has 6 rings (SSSR count). The zero-order chi connectivity index (χ0) is 29.4. The van der Waals surface area contributed by atoms with Crippen molar-refractivity contribution in [2.75, 3.05) is 0 Å². The highest BCUT2D eigenvalue weighted by atomic mass is 32.1. The maximum Gasteiger partial charge on any atom is 0.380 e. The summed E-state index contributed by atoms with van der Waals surface area (Å²) in [4.78, 5) is 0.330. The SMILES string of the molecule is CCCC1C(C2=C(c3c(CC)sc4ccccc34)C(F)(F)C(F)(F)C2(F)F)c2ccccc2P1(=O)c1ccccc1. The summed E-state index contributed by atoms with van der Waals surface area (Å²) in [6, 6.07) is 21.0. The van der Waals surface area contributed by atoms with E-state index >= 15 is 30.9 Å². The monoisotopic (exact) mass is 604 g/mol. The molecule has 214 valence electrons. The number of alkyl halides is 6. The summed E-state index contributed by atoms with van der Waals surface area (Å²) in [6.07, 6.45) is 0.718. The van der Waals surface area contributed by atoms with Gasteiger partial charge in [-0.05, 0) is 24.5 Å². The third-order valence-electron chi connectivity index (χ3n) is 8.47. The number of fused-ring (bicyclic) bond motifs is 2. The lowest BCUT2D eigenvalue weighted by molar-refractivity contribution is -0.260. The number of thiophene rings is 1. The van der Waals surface area contributed by atoms with Crippen molar-refractivity contribution in [1.29, 1.82) is 0 Å². The second-order valence-corrected chi connectivity index (χ2v) is 14.8. The predicted molar refractivity (Wildman–Crippen MR) is 154 cm³/mol. The lowest BCUT2D eigenvalue weighted by atomic mass is 9.81. The predicted octanol–water partition coefficient (Wildman–Crippen LogP) is 9.42. The summed E-state index contributed by atoms with van der Waals surface area (Å²) in [6.45, 7) is 3.47. The average Bonchev–Trinajstić information content (AvgIpc) is 3.48. The lowest BCUT2D eigenvalue weighted by Crippen LogP contribution is -2.49. The third-order valence-corrected chi connectivity index (χ3v) is 13.5. The fourth-order valence-electron chi connectivity index (χ4n) is 6.73. The van der Waals surface area contributed by atoms with Crippen LogP contribution in [-0.4, -0.2) is 23.4 Å². The van der Waals surface area contributed by atoms with Gasteiger partial charge in [0.2, 0.25) is 0 Å². The number of halogens is 6. The van der Waals surface area contributed by atoms with Gasteiger partial charge in [0.25, 0.3) is 0 Å². The quantitative estimate of drug-likeness (QED) is 0.158. The van der Waals surface area contributed by atoms with Crippen LogP contribution in [0, 0.1) is 0 Å². The molecule has 3 aromatic carbocycles. The van der Waals surface area contributed by atoms with Crippen LogP contribution < -0.4 is 10.6 Å². The highest BCUT2D eigenvalue weighted by molar-refractivity contribution is 7.79. The van der Waals surface area contributed by atoms with E-state index in [-0.39, 0.29) is 34.7 Å². The van der Waals surface area contributed by atoms with Crippen LogP contribution in [0.15, 0.2) is 84.4 Å². The van der Waals surface area contributed by atoms with Gasteiger partial charge in [0.1, 0.15) is 7.14 Å². The van der Waals surface area contributed by atoms with Gasteiger partial charge in [-0.3, -0.25) is 0 Å².